The Labute approximate surface area is 96.5 Å². The van der Waals surface area contributed by atoms with Crippen LogP contribution in [0.1, 0.15) is 33.1 Å². The third-order valence-electron chi connectivity index (χ3n) is 2.47. The number of hydrogen-bond acceptors (Lipinski definition) is 2. The smallest absolute Gasteiger partial charge is 0.0700 e. The molecule has 0 aliphatic rings. The number of rotatable bonds is 9. The molecule has 0 spiro atoms. The fraction of sp³-hybridized carbons (Fsp3) is 1.00. The Hall–Kier alpha value is 0.400. The van der Waals surface area contributed by atoms with E-state index in [0.29, 0.717) is 11.4 Å². The minimum absolute atomic E-state index is 0.617. The van der Waals surface area contributed by atoms with E-state index < -0.39 is 0 Å². The molecule has 0 N–H and O–H groups in total. The van der Waals surface area contributed by atoms with Crippen molar-refractivity contribution in [3.05, 3.63) is 0 Å². The SMILES string of the molecule is CCC(CCCOCCOC)C(C)Br. The van der Waals surface area contributed by atoms with Gasteiger partial charge in [0.05, 0.1) is 13.2 Å². The van der Waals surface area contributed by atoms with Gasteiger partial charge in [0, 0.05) is 18.5 Å². The first kappa shape index (κ1) is 14.4. The standard InChI is InChI=1S/C11H23BrO2/c1-4-11(10(2)12)6-5-7-14-9-8-13-3/h10-11H,4-9H2,1-3H3. The Balaban J connectivity index is 3.25. The molecule has 0 aliphatic carbocycles. The van der Waals surface area contributed by atoms with Gasteiger partial charge < -0.3 is 9.47 Å². The molecular formula is C11H23BrO2. The van der Waals surface area contributed by atoms with Gasteiger partial charge in [-0.15, -0.1) is 0 Å². The van der Waals surface area contributed by atoms with Crippen LogP contribution in [-0.2, 0) is 9.47 Å². The van der Waals surface area contributed by atoms with E-state index in [2.05, 4.69) is 29.8 Å². The topological polar surface area (TPSA) is 18.5 Å². The minimum Gasteiger partial charge on any atom is -0.382 e. The average molecular weight is 267 g/mol. The van der Waals surface area contributed by atoms with Crippen molar-refractivity contribution in [1.82, 2.24) is 0 Å². The monoisotopic (exact) mass is 266 g/mol. The molecule has 0 heterocycles. The molecule has 0 fully saturated rings. The summed E-state index contributed by atoms with van der Waals surface area (Å²) in [6.45, 7) is 6.75. The Bertz CT molecular complexity index is 118. The predicted molar refractivity (Wildman–Crippen MR) is 64.1 cm³/mol. The number of ether oxygens (including phenoxy) is 2. The van der Waals surface area contributed by atoms with E-state index in [0.717, 1.165) is 25.6 Å². The summed E-state index contributed by atoms with van der Waals surface area (Å²) in [6, 6.07) is 0. The van der Waals surface area contributed by atoms with Crippen molar-refractivity contribution in [2.75, 3.05) is 26.9 Å². The second kappa shape index (κ2) is 9.94. The molecule has 0 aromatic rings. The quantitative estimate of drug-likeness (QED) is 0.471. The lowest BCUT2D eigenvalue weighted by Gasteiger charge is -2.17. The highest BCUT2D eigenvalue weighted by atomic mass is 79.9. The van der Waals surface area contributed by atoms with E-state index in [9.17, 15) is 0 Å². The van der Waals surface area contributed by atoms with Gasteiger partial charge in [0.2, 0.25) is 0 Å². The van der Waals surface area contributed by atoms with Crippen LogP contribution in [0.4, 0.5) is 0 Å². The predicted octanol–water partition coefficient (Wildman–Crippen LogP) is 3.24. The van der Waals surface area contributed by atoms with Crippen LogP contribution in [0.15, 0.2) is 0 Å². The average Bonchev–Trinajstić information content (AvgIpc) is 2.16. The van der Waals surface area contributed by atoms with Crippen LogP contribution >= 0.6 is 15.9 Å². The maximum absolute atomic E-state index is 5.41. The summed E-state index contributed by atoms with van der Waals surface area (Å²) in [6.07, 6.45) is 3.64. The van der Waals surface area contributed by atoms with E-state index in [1.54, 1.807) is 7.11 Å². The first-order chi connectivity index (χ1) is 6.72. The molecule has 0 amide bonds. The highest BCUT2D eigenvalue weighted by Crippen LogP contribution is 2.21. The van der Waals surface area contributed by atoms with Crippen molar-refractivity contribution in [2.45, 2.75) is 37.9 Å². The molecule has 2 nitrogen and oxygen atoms in total. The Morgan fingerprint density at radius 2 is 1.93 bits per heavy atom. The Kier molecular flexibility index (Phi) is 10.2. The molecule has 2 unspecified atom stereocenters. The second-order valence-corrected chi connectivity index (χ2v) is 5.04. The van der Waals surface area contributed by atoms with Gasteiger partial charge in [-0.05, 0) is 18.8 Å². The highest BCUT2D eigenvalue weighted by Gasteiger charge is 2.11. The molecule has 0 bridgehead atoms. The number of methoxy groups -OCH3 is 1. The summed E-state index contributed by atoms with van der Waals surface area (Å²) in [4.78, 5) is 0.617. The minimum atomic E-state index is 0.617. The summed E-state index contributed by atoms with van der Waals surface area (Å²) in [5, 5.41) is 0. The zero-order valence-corrected chi connectivity index (χ0v) is 11.2. The zero-order chi connectivity index (χ0) is 10.8. The van der Waals surface area contributed by atoms with Crippen molar-refractivity contribution in [1.29, 1.82) is 0 Å². The summed E-state index contributed by atoms with van der Waals surface area (Å²) in [7, 11) is 1.70. The van der Waals surface area contributed by atoms with Crippen LogP contribution in [0.3, 0.4) is 0 Å². The van der Waals surface area contributed by atoms with Crippen LogP contribution < -0.4 is 0 Å². The Morgan fingerprint density at radius 3 is 2.43 bits per heavy atom. The molecular weight excluding hydrogens is 244 g/mol. The summed E-state index contributed by atoms with van der Waals surface area (Å²) in [5.41, 5.74) is 0. The number of alkyl halides is 1. The molecule has 2 atom stereocenters. The fourth-order valence-corrected chi connectivity index (χ4v) is 2.09. The summed E-state index contributed by atoms with van der Waals surface area (Å²) >= 11 is 3.63. The molecule has 0 aromatic heterocycles. The van der Waals surface area contributed by atoms with Gasteiger partial charge in [0.1, 0.15) is 0 Å². The lowest BCUT2D eigenvalue weighted by atomic mass is 9.98. The number of halogens is 1. The van der Waals surface area contributed by atoms with Crippen molar-refractivity contribution < 1.29 is 9.47 Å². The third-order valence-corrected chi connectivity index (χ3v) is 3.22. The van der Waals surface area contributed by atoms with Gasteiger partial charge in [-0.2, -0.15) is 0 Å². The zero-order valence-electron chi connectivity index (χ0n) is 9.59. The van der Waals surface area contributed by atoms with Gasteiger partial charge >= 0.3 is 0 Å². The molecule has 0 radical (unpaired) electrons. The molecule has 0 rings (SSSR count). The third kappa shape index (κ3) is 7.77. The van der Waals surface area contributed by atoms with E-state index in [1.807, 2.05) is 0 Å². The largest absolute Gasteiger partial charge is 0.382 e. The molecule has 14 heavy (non-hydrogen) atoms. The summed E-state index contributed by atoms with van der Waals surface area (Å²) in [5.74, 6) is 0.779. The summed E-state index contributed by atoms with van der Waals surface area (Å²) < 4.78 is 10.3. The van der Waals surface area contributed by atoms with Gasteiger partial charge in [-0.25, -0.2) is 0 Å². The second-order valence-electron chi connectivity index (χ2n) is 3.59. The Morgan fingerprint density at radius 1 is 1.21 bits per heavy atom. The van der Waals surface area contributed by atoms with Crippen molar-refractivity contribution >= 4 is 15.9 Å². The van der Waals surface area contributed by atoms with Crippen molar-refractivity contribution in [3.8, 4) is 0 Å². The van der Waals surface area contributed by atoms with Gasteiger partial charge in [-0.1, -0.05) is 36.2 Å². The van der Waals surface area contributed by atoms with Gasteiger partial charge in [0.25, 0.3) is 0 Å². The van der Waals surface area contributed by atoms with Gasteiger partial charge in [0.15, 0.2) is 0 Å². The highest BCUT2D eigenvalue weighted by molar-refractivity contribution is 9.09. The molecule has 86 valence electrons. The van der Waals surface area contributed by atoms with E-state index >= 15 is 0 Å². The molecule has 0 saturated carbocycles. The molecule has 3 heteroatoms. The van der Waals surface area contributed by atoms with Crippen LogP contribution in [0.5, 0.6) is 0 Å². The van der Waals surface area contributed by atoms with Crippen molar-refractivity contribution in [2.24, 2.45) is 5.92 Å². The van der Waals surface area contributed by atoms with E-state index in [-0.39, 0.29) is 0 Å². The van der Waals surface area contributed by atoms with Crippen LogP contribution in [0.25, 0.3) is 0 Å². The first-order valence-corrected chi connectivity index (χ1v) is 6.34. The first-order valence-electron chi connectivity index (χ1n) is 5.43. The maximum atomic E-state index is 5.41. The van der Waals surface area contributed by atoms with E-state index in [4.69, 9.17) is 9.47 Å². The van der Waals surface area contributed by atoms with Gasteiger partial charge in [-0.3, -0.25) is 0 Å². The van der Waals surface area contributed by atoms with E-state index in [1.165, 1.54) is 12.8 Å². The maximum Gasteiger partial charge on any atom is 0.0700 e. The van der Waals surface area contributed by atoms with Crippen LogP contribution in [0, 0.1) is 5.92 Å². The molecule has 0 saturated heterocycles. The lowest BCUT2D eigenvalue weighted by molar-refractivity contribution is 0.0672. The fourth-order valence-electron chi connectivity index (χ4n) is 1.45. The van der Waals surface area contributed by atoms with Crippen LogP contribution in [-0.4, -0.2) is 31.8 Å². The normalized spacial score (nSPS) is 15.4. The van der Waals surface area contributed by atoms with Crippen molar-refractivity contribution in [3.63, 3.8) is 0 Å². The molecule has 0 aromatic carbocycles. The molecule has 0 aliphatic heterocycles. The number of hydrogen-bond donors (Lipinski definition) is 0. The lowest BCUT2D eigenvalue weighted by Crippen LogP contribution is -2.11. The van der Waals surface area contributed by atoms with Crippen LogP contribution in [0.2, 0.25) is 0 Å².